The summed E-state index contributed by atoms with van der Waals surface area (Å²) in [5.74, 6) is 0.499. The van der Waals surface area contributed by atoms with Gasteiger partial charge < -0.3 is 4.74 Å². The van der Waals surface area contributed by atoms with Crippen LogP contribution in [0.15, 0.2) is 29.2 Å². The third kappa shape index (κ3) is 2.58. The van der Waals surface area contributed by atoms with E-state index in [1.54, 1.807) is 29.6 Å². The zero-order valence-electron chi connectivity index (χ0n) is 13.4. The Balaban J connectivity index is 1.73. The van der Waals surface area contributed by atoms with Crippen LogP contribution in [0.1, 0.15) is 12.0 Å². The number of hydrogen-bond donors (Lipinski definition) is 0. The number of ether oxygens (including phenoxy) is 1. The predicted molar refractivity (Wildman–Crippen MR) is 85.3 cm³/mol. The Morgan fingerprint density at radius 1 is 1.36 bits per heavy atom. The average molecular weight is 324 g/mol. The number of hydrogen-bond acceptors (Lipinski definition) is 4. The predicted octanol–water partition coefficient (Wildman–Crippen LogP) is 1.34. The number of sulfonamides is 1. The molecule has 0 N–H and O–H groups in total. The normalized spacial score (nSPS) is 25.5. The number of nitrogens with zero attached hydrogens (tertiary/aromatic N) is 2. The summed E-state index contributed by atoms with van der Waals surface area (Å²) in [6.07, 6.45) is 1.01. The summed E-state index contributed by atoms with van der Waals surface area (Å²) in [5.41, 5.74) is 0.967. The third-order valence-electron chi connectivity index (χ3n) is 4.98. The van der Waals surface area contributed by atoms with Gasteiger partial charge in [0.15, 0.2) is 0 Å². The molecule has 1 aromatic rings. The molecule has 0 amide bonds. The van der Waals surface area contributed by atoms with Crippen LogP contribution < -0.4 is 0 Å². The number of likely N-dealkylation sites (N-methyl/N-ethyl adjacent to an activating group) is 1. The second-order valence-electron chi connectivity index (χ2n) is 6.72. The van der Waals surface area contributed by atoms with Gasteiger partial charge in [-0.15, -0.1) is 0 Å². The minimum absolute atomic E-state index is 0.0000909. The Morgan fingerprint density at radius 3 is 2.73 bits per heavy atom. The van der Waals surface area contributed by atoms with E-state index < -0.39 is 10.0 Å². The summed E-state index contributed by atoms with van der Waals surface area (Å²) in [4.78, 5) is 2.70. The van der Waals surface area contributed by atoms with Gasteiger partial charge >= 0.3 is 0 Å². The molecule has 0 unspecified atom stereocenters. The number of benzene rings is 1. The average Bonchev–Trinajstić information content (AvgIpc) is 2.74. The van der Waals surface area contributed by atoms with Crippen molar-refractivity contribution in [3.8, 4) is 0 Å². The maximum Gasteiger partial charge on any atom is 0.243 e. The molecule has 5 nitrogen and oxygen atoms in total. The van der Waals surface area contributed by atoms with Gasteiger partial charge in [-0.2, -0.15) is 4.31 Å². The van der Waals surface area contributed by atoms with Crippen molar-refractivity contribution >= 4 is 10.0 Å². The largest absolute Gasteiger partial charge is 0.384 e. The van der Waals surface area contributed by atoms with Gasteiger partial charge in [-0.3, -0.25) is 4.90 Å². The maximum atomic E-state index is 12.7. The molecule has 0 radical (unpaired) electrons. The minimum Gasteiger partial charge on any atom is -0.384 e. The van der Waals surface area contributed by atoms with Gasteiger partial charge in [-0.25, -0.2) is 8.42 Å². The summed E-state index contributed by atoms with van der Waals surface area (Å²) in [7, 11) is 0.446. The lowest BCUT2D eigenvalue weighted by atomic mass is 9.87. The number of aryl methyl sites for hydroxylation is 1. The van der Waals surface area contributed by atoms with E-state index in [4.69, 9.17) is 4.74 Å². The fourth-order valence-corrected chi connectivity index (χ4v) is 5.47. The third-order valence-corrected chi connectivity index (χ3v) is 6.77. The van der Waals surface area contributed by atoms with Gasteiger partial charge in [0.1, 0.15) is 0 Å². The molecular weight excluding hydrogens is 300 g/mol. The summed E-state index contributed by atoms with van der Waals surface area (Å²) < 4.78 is 32.3. The van der Waals surface area contributed by atoms with Crippen molar-refractivity contribution in [2.75, 3.05) is 40.4 Å². The van der Waals surface area contributed by atoms with Crippen LogP contribution in [0, 0.1) is 12.8 Å². The van der Waals surface area contributed by atoms with Crippen LogP contribution in [0.5, 0.6) is 0 Å². The van der Waals surface area contributed by atoms with Gasteiger partial charge in [0.2, 0.25) is 10.0 Å². The highest BCUT2D eigenvalue weighted by Gasteiger charge is 2.55. The lowest BCUT2D eigenvalue weighted by molar-refractivity contribution is 0.0372. The molecule has 3 rings (SSSR count). The lowest BCUT2D eigenvalue weighted by Crippen LogP contribution is -2.67. The Kier molecular flexibility index (Phi) is 4.05. The molecule has 2 fully saturated rings. The topological polar surface area (TPSA) is 49.9 Å². The molecule has 6 heteroatoms. The molecule has 1 spiro atoms. The Bertz CT molecular complexity index is 653. The monoisotopic (exact) mass is 324 g/mol. The van der Waals surface area contributed by atoms with Gasteiger partial charge in [0.25, 0.3) is 0 Å². The van der Waals surface area contributed by atoms with Crippen LogP contribution >= 0.6 is 0 Å². The van der Waals surface area contributed by atoms with E-state index in [0.29, 0.717) is 23.9 Å². The van der Waals surface area contributed by atoms with Gasteiger partial charge in [-0.05, 0) is 44.0 Å². The zero-order valence-corrected chi connectivity index (χ0v) is 14.3. The van der Waals surface area contributed by atoms with Crippen LogP contribution in [0.4, 0.5) is 0 Å². The fourth-order valence-electron chi connectivity index (χ4n) is 3.76. The smallest absolute Gasteiger partial charge is 0.243 e. The highest BCUT2D eigenvalue weighted by molar-refractivity contribution is 7.89. The van der Waals surface area contributed by atoms with Gasteiger partial charge in [0, 0.05) is 32.3 Å². The molecule has 0 saturated carbocycles. The van der Waals surface area contributed by atoms with E-state index >= 15 is 0 Å². The number of rotatable bonds is 4. The zero-order chi connectivity index (χ0) is 16.0. The van der Waals surface area contributed by atoms with Crippen LogP contribution in [0.3, 0.4) is 0 Å². The molecule has 2 aliphatic heterocycles. The van der Waals surface area contributed by atoms with Crippen molar-refractivity contribution in [3.63, 3.8) is 0 Å². The van der Waals surface area contributed by atoms with Crippen LogP contribution in [-0.2, 0) is 14.8 Å². The molecule has 2 aliphatic rings. The molecule has 122 valence electrons. The molecule has 0 bridgehead atoms. The molecule has 22 heavy (non-hydrogen) atoms. The molecular formula is C16H24N2O3S. The molecule has 2 heterocycles. The fraction of sp³-hybridized carbons (Fsp3) is 0.625. The van der Waals surface area contributed by atoms with Crippen molar-refractivity contribution in [1.82, 2.24) is 9.21 Å². The van der Waals surface area contributed by atoms with E-state index in [9.17, 15) is 8.42 Å². The molecule has 1 atom stereocenters. The lowest BCUT2D eigenvalue weighted by Gasteiger charge is -2.50. The summed E-state index contributed by atoms with van der Waals surface area (Å²) >= 11 is 0. The van der Waals surface area contributed by atoms with E-state index in [1.165, 1.54) is 0 Å². The first-order valence-corrected chi connectivity index (χ1v) is 9.08. The van der Waals surface area contributed by atoms with Crippen LogP contribution in [-0.4, -0.2) is 63.6 Å². The highest BCUT2D eigenvalue weighted by atomic mass is 32.2. The molecule has 0 aliphatic carbocycles. The quantitative estimate of drug-likeness (QED) is 0.838. The second kappa shape index (κ2) is 5.60. The standard InChI is InChI=1S/C16H24N2O3S/c1-13-5-4-6-15(7-13)22(19,20)18-11-16(12-18)8-14(10-21-3)9-17(16)2/h4-7,14H,8-12H2,1-3H3/t14-/m0/s1. The van der Waals surface area contributed by atoms with Crippen molar-refractivity contribution in [3.05, 3.63) is 29.8 Å². The van der Waals surface area contributed by atoms with E-state index in [0.717, 1.165) is 25.1 Å². The summed E-state index contributed by atoms with van der Waals surface area (Å²) in [5, 5.41) is 0. The van der Waals surface area contributed by atoms with E-state index in [1.807, 2.05) is 13.0 Å². The molecule has 2 saturated heterocycles. The van der Waals surface area contributed by atoms with E-state index in [-0.39, 0.29) is 5.54 Å². The van der Waals surface area contributed by atoms with E-state index in [2.05, 4.69) is 11.9 Å². The first kappa shape index (κ1) is 15.9. The van der Waals surface area contributed by atoms with Crippen molar-refractivity contribution in [1.29, 1.82) is 0 Å². The van der Waals surface area contributed by atoms with Crippen LogP contribution in [0.25, 0.3) is 0 Å². The Morgan fingerprint density at radius 2 is 2.09 bits per heavy atom. The van der Waals surface area contributed by atoms with Gasteiger partial charge in [-0.1, -0.05) is 12.1 Å². The summed E-state index contributed by atoms with van der Waals surface area (Å²) in [6.45, 7) is 4.81. The second-order valence-corrected chi connectivity index (χ2v) is 8.66. The first-order chi connectivity index (χ1) is 10.4. The number of methoxy groups -OCH3 is 1. The van der Waals surface area contributed by atoms with Crippen molar-refractivity contribution < 1.29 is 13.2 Å². The Labute approximate surface area is 132 Å². The minimum atomic E-state index is -3.37. The van der Waals surface area contributed by atoms with Crippen molar-refractivity contribution in [2.45, 2.75) is 23.8 Å². The first-order valence-electron chi connectivity index (χ1n) is 7.64. The maximum absolute atomic E-state index is 12.7. The highest BCUT2D eigenvalue weighted by Crippen LogP contribution is 2.41. The number of likely N-dealkylation sites (tertiary alicyclic amines) is 1. The Hall–Kier alpha value is -0.950. The SMILES string of the molecule is COC[C@@H]1CN(C)C2(C1)CN(S(=O)(=O)c1cccc(C)c1)C2. The van der Waals surface area contributed by atoms with Crippen LogP contribution in [0.2, 0.25) is 0 Å². The molecule has 1 aromatic carbocycles. The molecule has 0 aromatic heterocycles. The summed E-state index contributed by atoms with van der Waals surface area (Å²) in [6, 6.07) is 7.14. The van der Waals surface area contributed by atoms with Gasteiger partial charge in [0.05, 0.1) is 11.5 Å². The van der Waals surface area contributed by atoms with Crippen molar-refractivity contribution in [2.24, 2.45) is 5.92 Å².